The van der Waals surface area contributed by atoms with Crippen molar-refractivity contribution in [3.05, 3.63) is 48.3 Å². The molecule has 0 spiro atoms. The number of nitrogens with one attached hydrogen (secondary N) is 1. The molecule has 1 aliphatic rings. The predicted molar refractivity (Wildman–Crippen MR) is 123 cm³/mol. The Balaban J connectivity index is 1.97. The molecule has 178 valence electrons. The fourth-order valence-corrected chi connectivity index (χ4v) is 5.15. The van der Waals surface area contributed by atoms with Crippen molar-refractivity contribution in [2.75, 3.05) is 23.3 Å². The number of nitrogens with zero attached hydrogens (tertiary/aromatic N) is 2. The van der Waals surface area contributed by atoms with Crippen molar-refractivity contribution in [3.8, 4) is 5.75 Å². The molecular weight excluding hydrogens is 449 g/mol. The van der Waals surface area contributed by atoms with E-state index in [0.717, 1.165) is 4.90 Å². The number of imide groups is 1. The van der Waals surface area contributed by atoms with Crippen molar-refractivity contribution >= 4 is 33.2 Å². The van der Waals surface area contributed by atoms with Crippen LogP contribution in [0, 0.1) is 5.82 Å². The number of carbonyl (C=O) groups is 2. The zero-order chi connectivity index (χ0) is 24.3. The van der Waals surface area contributed by atoms with E-state index < -0.39 is 33.7 Å². The van der Waals surface area contributed by atoms with Gasteiger partial charge in [-0.25, -0.2) is 17.7 Å². The summed E-state index contributed by atoms with van der Waals surface area (Å²) in [6.07, 6.45) is -0.423. The van der Waals surface area contributed by atoms with Gasteiger partial charge in [-0.15, -0.1) is 0 Å². The highest BCUT2D eigenvalue weighted by atomic mass is 32.2. The fourth-order valence-electron chi connectivity index (χ4n) is 3.67. The number of amides is 2. The quantitative estimate of drug-likeness (QED) is 0.556. The van der Waals surface area contributed by atoms with Crippen LogP contribution >= 0.6 is 0 Å². The number of sulfonamides is 1. The third kappa shape index (κ3) is 5.01. The molecular formula is C23H28FN3O5S. The average Bonchev–Trinajstić information content (AvgIpc) is 3.03. The minimum absolute atomic E-state index is 0.0348. The van der Waals surface area contributed by atoms with E-state index >= 15 is 0 Å². The average molecular weight is 478 g/mol. The molecule has 3 rings (SSSR count). The van der Waals surface area contributed by atoms with Gasteiger partial charge in [-0.3, -0.25) is 9.59 Å². The lowest BCUT2D eigenvalue weighted by Gasteiger charge is -2.22. The fraction of sp³-hybridized carbons (Fsp3) is 0.391. The molecule has 1 atom stereocenters. The first-order valence-electron chi connectivity index (χ1n) is 10.8. The van der Waals surface area contributed by atoms with Crippen molar-refractivity contribution in [3.63, 3.8) is 0 Å². The molecule has 1 N–H and O–H groups in total. The molecule has 0 saturated carbocycles. The number of carbonyl (C=O) groups excluding carboxylic acids is 2. The Labute approximate surface area is 193 Å². The van der Waals surface area contributed by atoms with Crippen LogP contribution in [0.4, 0.5) is 15.8 Å². The number of halogens is 1. The number of hydrogen-bond acceptors (Lipinski definition) is 6. The Bertz CT molecular complexity index is 1150. The first kappa shape index (κ1) is 24.7. The molecule has 2 aromatic rings. The van der Waals surface area contributed by atoms with Crippen molar-refractivity contribution in [1.29, 1.82) is 0 Å². The van der Waals surface area contributed by atoms with Crippen molar-refractivity contribution in [2.24, 2.45) is 0 Å². The molecule has 0 radical (unpaired) electrons. The largest absolute Gasteiger partial charge is 0.489 e. The normalized spacial score (nSPS) is 16.7. The summed E-state index contributed by atoms with van der Waals surface area (Å²) in [5.74, 6) is -1.53. The van der Waals surface area contributed by atoms with Gasteiger partial charge in [0, 0.05) is 13.1 Å². The minimum atomic E-state index is -3.76. The number of benzene rings is 2. The maximum absolute atomic E-state index is 14.2. The summed E-state index contributed by atoms with van der Waals surface area (Å²) in [5, 5.41) is 2.96. The van der Waals surface area contributed by atoms with Crippen LogP contribution in [0.3, 0.4) is 0 Å². The molecule has 0 bridgehead atoms. The van der Waals surface area contributed by atoms with Crippen LogP contribution < -0.4 is 15.0 Å². The second-order valence-electron chi connectivity index (χ2n) is 7.83. The summed E-state index contributed by atoms with van der Waals surface area (Å²) >= 11 is 0. The van der Waals surface area contributed by atoms with Crippen LogP contribution in [0.25, 0.3) is 0 Å². The Morgan fingerprint density at radius 1 is 1.15 bits per heavy atom. The molecule has 1 saturated heterocycles. The minimum Gasteiger partial charge on any atom is -0.489 e. The molecule has 0 unspecified atom stereocenters. The third-order valence-electron chi connectivity index (χ3n) is 5.23. The van der Waals surface area contributed by atoms with E-state index in [1.165, 1.54) is 46.8 Å². The van der Waals surface area contributed by atoms with Crippen molar-refractivity contribution in [1.82, 2.24) is 4.31 Å². The molecule has 33 heavy (non-hydrogen) atoms. The summed E-state index contributed by atoms with van der Waals surface area (Å²) in [6, 6.07) is 8.91. The molecule has 1 heterocycles. The van der Waals surface area contributed by atoms with Crippen LogP contribution in [-0.2, 0) is 19.6 Å². The highest BCUT2D eigenvalue weighted by Gasteiger charge is 2.41. The highest BCUT2D eigenvalue weighted by molar-refractivity contribution is 7.89. The Morgan fingerprint density at radius 3 is 2.42 bits per heavy atom. The molecule has 0 aromatic heterocycles. The number of hydrogen-bond donors (Lipinski definition) is 1. The van der Waals surface area contributed by atoms with Gasteiger partial charge in [0.1, 0.15) is 17.6 Å². The van der Waals surface area contributed by atoms with E-state index in [0.29, 0.717) is 18.8 Å². The summed E-state index contributed by atoms with van der Waals surface area (Å²) in [4.78, 5) is 26.4. The van der Waals surface area contributed by atoms with E-state index in [1.807, 2.05) is 13.8 Å². The van der Waals surface area contributed by atoms with Crippen LogP contribution in [0.15, 0.2) is 47.4 Å². The van der Waals surface area contributed by atoms with Crippen LogP contribution in [-0.4, -0.2) is 49.8 Å². The molecule has 10 heteroatoms. The molecule has 0 aliphatic carbocycles. The van der Waals surface area contributed by atoms with Crippen LogP contribution in [0.5, 0.6) is 5.75 Å². The monoisotopic (exact) mass is 477 g/mol. The number of ether oxygens (including phenoxy) is 1. The van der Waals surface area contributed by atoms with Gasteiger partial charge in [0.2, 0.25) is 15.9 Å². The predicted octanol–water partition coefficient (Wildman–Crippen LogP) is 3.39. The maximum atomic E-state index is 14.2. The lowest BCUT2D eigenvalue weighted by atomic mass is 10.2. The van der Waals surface area contributed by atoms with E-state index in [1.54, 1.807) is 13.8 Å². The van der Waals surface area contributed by atoms with Gasteiger partial charge >= 0.3 is 0 Å². The number of para-hydroxylation sites is 1. The Morgan fingerprint density at radius 2 is 1.82 bits per heavy atom. The standard InChI is InChI=1S/C23H28FN3O5S/c1-5-26(6-2)33(30,31)16-11-12-21(32-15(3)4)18(13-16)25-19-14-22(28)27(23(19)29)20-10-8-7-9-17(20)24/h7-13,15,19,25H,5-6,14H2,1-4H3/t19-/m1/s1. The van der Waals surface area contributed by atoms with Gasteiger partial charge in [-0.2, -0.15) is 4.31 Å². The first-order chi connectivity index (χ1) is 15.6. The summed E-state index contributed by atoms with van der Waals surface area (Å²) in [6.45, 7) is 7.73. The third-order valence-corrected chi connectivity index (χ3v) is 7.27. The second-order valence-corrected chi connectivity index (χ2v) is 9.77. The number of anilines is 2. The van der Waals surface area contributed by atoms with Crippen molar-refractivity contribution < 1.29 is 27.1 Å². The van der Waals surface area contributed by atoms with Gasteiger partial charge in [0.25, 0.3) is 5.91 Å². The van der Waals surface area contributed by atoms with E-state index in [4.69, 9.17) is 4.74 Å². The Hall–Kier alpha value is -2.98. The summed E-state index contributed by atoms with van der Waals surface area (Å²) in [7, 11) is -3.76. The lowest BCUT2D eigenvalue weighted by molar-refractivity contribution is -0.121. The smallest absolute Gasteiger partial charge is 0.256 e. The van der Waals surface area contributed by atoms with Gasteiger partial charge < -0.3 is 10.1 Å². The zero-order valence-corrected chi connectivity index (χ0v) is 19.9. The summed E-state index contributed by atoms with van der Waals surface area (Å²) in [5.41, 5.74) is 0.145. The van der Waals surface area contributed by atoms with Gasteiger partial charge in [-0.05, 0) is 44.2 Å². The molecule has 1 fully saturated rings. The number of rotatable bonds is 9. The van der Waals surface area contributed by atoms with Gasteiger partial charge in [0.05, 0.1) is 28.8 Å². The molecule has 2 aromatic carbocycles. The van der Waals surface area contributed by atoms with Crippen LogP contribution in [0.2, 0.25) is 0 Å². The second kappa shape index (κ2) is 9.88. The van der Waals surface area contributed by atoms with Gasteiger partial charge in [-0.1, -0.05) is 26.0 Å². The molecule has 8 nitrogen and oxygen atoms in total. The maximum Gasteiger partial charge on any atom is 0.256 e. The zero-order valence-electron chi connectivity index (χ0n) is 19.0. The van der Waals surface area contributed by atoms with E-state index in [-0.39, 0.29) is 28.8 Å². The van der Waals surface area contributed by atoms with E-state index in [2.05, 4.69) is 5.32 Å². The lowest BCUT2D eigenvalue weighted by Crippen LogP contribution is -2.35. The topological polar surface area (TPSA) is 96.0 Å². The van der Waals surface area contributed by atoms with Gasteiger partial charge in [0.15, 0.2) is 0 Å². The summed E-state index contributed by atoms with van der Waals surface area (Å²) < 4.78 is 47.3. The van der Waals surface area contributed by atoms with Crippen LogP contribution in [0.1, 0.15) is 34.1 Å². The van der Waals surface area contributed by atoms with E-state index in [9.17, 15) is 22.4 Å². The first-order valence-corrected chi connectivity index (χ1v) is 12.2. The SMILES string of the molecule is CCN(CC)S(=O)(=O)c1ccc(OC(C)C)c(N[C@@H]2CC(=O)N(c3ccccc3F)C2=O)c1. The Kier molecular flexibility index (Phi) is 7.38. The molecule has 1 aliphatic heterocycles. The molecule has 2 amide bonds. The van der Waals surface area contributed by atoms with Crippen molar-refractivity contribution in [2.45, 2.75) is 51.2 Å². The highest BCUT2D eigenvalue weighted by Crippen LogP contribution is 2.33.